The third kappa shape index (κ3) is 1.78. The number of hydrogen-bond acceptors (Lipinski definition) is 2. The first-order valence-corrected chi connectivity index (χ1v) is 6.34. The Balaban J connectivity index is 1.98. The summed E-state index contributed by atoms with van der Waals surface area (Å²) in [5.74, 6) is 0.133. The van der Waals surface area contributed by atoms with Gasteiger partial charge in [0.25, 0.3) is 5.91 Å². The predicted molar refractivity (Wildman–Crippen MR) is 71.8 cm³/mol. The molecule has 0 bridgehead atoms. The summed E-state index contributed by atoms with van der Waals surface area (Å²) in [5, 5.41) is 4.29. The molecule has 3 rings (SSSR count). The van der Waals surface area contributed by atoms with Gasteiger partial charge in [-0.15, -0.1) is 0 Å². The molecule has 1 aliphatic heterocycles. The van der Waals surface area contributed by atoms with Gasteiger partial charge in [0.1, 0.15) is 0 Å². The Labute approximate surface area is 106 Å². The van der Waals surface area contributed by atoms with Crippen LogP contribution in [-0.4, -0.2) is 42.0 Å². The Morgan fingerprint density at radius 2 is 2.06 bits per heavy atom. The third-order valence-corrected chi connectivity index (χ3v) is 3.56. The second-order valence-corrected chi connectivity index (χ2v) is 4.74. The largest absolute Gasteiger partial charge is 0.360 e. The summed E-state index contributed by atoms with van der Waals surface area (Å²) in [6.45, 7) is 5.40. The van der Waals surface area contributed by atoms with Gasteiger partial charge in [-0.25, -0.2) is 0 Å². The number of aromatic amines is 1. The average Bonchev–Trinajstić information content (AvgIpc) is 2.84. The van der Waals surface area contributed by atoms with Crippen LogP contribution < -0.4 is 5.32 Å². The molecule has 0 atom stereocenters. The van der Waals surface area contributed by atoms with Crippen LogP contribution in [0.5, 0.6) is 0 Å². The highest BCUT2D eigenvalue weighted by Crippen LogP contribution is 2.22. The van der Waals surface area contributed by atoms with Gasteiger partial charge in [-0.3, -0.25) is 4.79 Å². The van der Waals surface area contributed by atoms with E-state index in [9.17, 15) is 4.79 Å². The van der Waals surface area contributed by atoms with Crippen molar-refractivity contribution in [1.82, 2.24) is 15.2 Å². The maximum absolute atomic E-state index is 12.5. The van der Waals surface area contributed by atoms with E-state index in [0.717, 1.165) is 42.6 Å². The van der Waals surface area contributed by atoms with E-state index in [0.29, 0.717) is 0 Å². The van der Waals surface area contributed by atoms with E-state index in [4.69, 9.17) is 0 Å². The summed E-state index contributed by atoms with van der Waals surface area (Å²) in [5.41, 5.74) is 3.03. The molecule has 4 nitrogen and oxygen atoms in total. The van der Waals surface area contributed by atoms with Crippen molar-refractivity contribution >= 4 is 16.8 Å². The molecule has 0 aliphatic carbocycles. The Morgan fingerprint density at radius 1 is 1.28 bits per heavy atom. The number of amides is 1. The smallest absolute Gasteiger partial charge is 0.256 e. The first kappa shape index (κ1) is 11.3. The summed E-state index contributed by atoms with van der Waals surface area (Å²) in [6, 6.07) is 6.06. The lowest BCUT2D eigenvalue weighted by molar-refractivity contribution is 0.0738. The van der Waals surface area contributed by atoms with Gasteiger partial charge in [-0.1, -0.05) is 18.2 Å². The normalized spacial score (nSPS) is 16.2. The molecule has 1 saturated heterocycles. The van der Waals surface area contributed by atoms with E-state index in [1.165, 1.54) is 5.56 Å². The molecule has 2 heterocycles. The molecule has 0 saturated carbocycles. The van der Waals surface area contributed by atoms with Crippen molar-refractivity contribution in [3.63, 3.8) is 0 Å². The van der Waals surface area contributed by atoms with Crippen molar-refractivity contribution in [2.24, 2.45) is 0 Å². The van der Waals surface area contributed by atoms with Gasteiger partial charge in [0, 0.05) is 43.3 Å². The van der Waals surface area contributed by atoms with Crippen LogP contribution in [0, 0.1) is 6.92 Å². The van der Waals surface area contributed by atoms with Gasteiger partial charge in [0.05, 0.1) is 5.56 Å². The minimum absolute atomic E-state index is 0.133. The van der Waals surface area contributed by atoms with Crippen LogP contribution in [0.25, 0.3) is 10.9 Å². The molecule has 4 heteroatoms. The van der Waals surface area contributed by atoms with Crippen LogP contribution >= 0.6 is 0 Å². The zero-order valence-electron chi connectivity index (χ0n) is 10.5. The molecule has 1 fully saturated rings. The van der Waals surface area contributed by atoms with Gasteiger partial charge < -0.3 is 15.2 Å². The fourth-order valence-electron chi connectivity index (χ4n) is 2.52. The van der Waals surface area contributed by atoms with Crippen LogP contribution in [-0.2, 0) is 0 Å². The number of carbonyl (C=O) groups excluding carboxylic acids is 1. The van der Waals surface area contributed by atoms with Gasteiger partial charge in [0.15, 0.2) is 0 Å². The molecule has 0 spiro atoms. The van der Waals surface area contributed by atoms with Gasteiger partial charge in [0.2, 0.25) is 0 Å². The van der Waals surface area contributed by atoms with Crippen molar-refractivity contribution in [1.29, 1.82) is 0 Å². The SMILES string of the molecule is Cc1cccc2c(C(=O)N3CCNCC3)c[nH]c12. The van der Waals surface area contributed by atoms with E-state index >= 15 is 0 Å². The molecule has 94 valence electrons. The number of para-hydroxylation sites is 1. The molecule has 2 aromatic rings. The van der Waals surface area contributed by atoms with E-state index in [1.54, 1.807) is 0 Å². The van der Waals surface area contributed by atoms with Gasteiger partial charge in [-0.05, 0) is 12.5 Å². The molecule has 2 N–H and O–H groups in total. The zero-order valence-corrected chi connectivity index (χ0v) is 10.5. The summed E-state index contributed by atoms with van der Waals surface area (Å²) in [7, 11) is 0. The molecule has 18 heavy (non-hydrogen) atoms. The number of nitrogens with one attached hydrogen (secondary N) is 2. The Bertz CT molecular complexity index is 582. The molecular formula is C14H17N3O. The van der Waals surface area contributed by atoms with Crippen LogP contribution in [0.1, 0.15) is 15.9 Å². The molecule has 1 aromatic carbocycles. The van der Waals surface area contributed by atoms with E-state index in [1.807, 2.05) is 23.2 Å². The monoisotopic (exact) mass is 243 g/mol. The first-order valence-electron chi connectivity index (χ1n) is 6.34. The minimum atomic E-state index is 0.133. The van der Waals surface area contributed by atoms with Crippen molar-refractivity contribution < 1.29 is 4.79 Å². The van der Waals surface area contributed by atoms with Crippen LogP contribution in [0.2, 0.25) is 0 Å². The van der Waals surface area contributed by atoms with E-state index in [-0.39, 0.29) is 5.91 Å². The first-order chi connectivity index (χ1) is 8.77. The summed E-state index contributed by atoms with van der Waals surface area (Å²) >= 11 is 0. The third-order valence-electron chi connectivity index (χ3n) is 3.56. The van der Waals surface area contributed by atoms with Crippen molar-refractivity contribution in [3.8, 4) is 0 Å². The summed E-state index contributed by atoms with van der Waals surface area (Å²) in [4.78, 5) is 17.6. The maximum Gasteiger partial charge on any atom is 0.256 e. The van der Waals surface area contributed by atoms with Gasteiger partial charge in [-0.2, -0.15) is 0 Å². The fraction of sp³-hybridized carbons (Fsp3) is 0.357. The van der Waals surface area contributed by atoms with E-state index < -0.39 is 0 Å². The van der Waals surface area contributed by atoms with Crippen molar-refractivity contribution in [3.05, 3.63) is 35.5 Å². The number of rotatable bonds is 1. The lowest BCUT2D eigenvalue weighted by atomic mass is 10.1. The molecule has 1 aliphatic rings. The average molecular weight is 243 g/mol. The number of nitrogens with zero attached hydrogens (tertiary/aromatic N) is 1. The second-order valence-electron chi connectivity index (χ2n) is 4.74. The Morgan fingerprint density at radius 3 is 2.83 bits per heavy atom. The molecule has 0 unspecified atom stereocenters. The molecule has 0 radical (unpaired) electrons. The highest BCUT2D eigenvalue weighted by atomic mass is 16.2. The molecule has 1 amide bonds. The number of hydrogen-bond donors (Lipinski definition) is 2. The minimum Gasteiger partial charge on any atom is -0.360 e. The van der Waals surface area contributed by atoms with Crippen molar-refractivity contribution in [2.45, 2.75) is 6.92 Å². The lowest BCUT2D eigenvalue weighted by Gasteiger charge is -2.27. The number of H-pyrrole nitrogens is 1. The predicted octanol–water partition coefficient (Wildman–Crippen LogP) is 1.52. The highest BCUT2D eigenvalue weighted by Gasteiger charge is 2.20. The van der Waals surface area contributed by atoms with Crippen molar-refractivity contribution in [2.75, 3.05) is 26.2 Å². The zero-order chi connectivity index (χ0) is 12.5. The lowest BCUT2D eigenvalue weighted by Crippen LogP contribution is -2.46. The van der Waals surface area contributed by atoms with Gasteiger partial charge >= 0.3 is 0 Å². The summed E-state index contributed by atoms with van der Waals surface area (Å²) in [6.07, 6.45) is 1.84. The highest BCUT2D eigenvalue weighted by molar-refractivity contribution is 6.07. The number of benzene rings is 1. The topological polar surface area (TPSA) is 48.1 Å². The molecular weight excluding hydrogens is 226 g/mol. The number of aromatic nitrogens is 1. The molecule has 1 aromatic heterocycles. The standard InChI is InChI=1S/C14H17N3O/c1-10-3-2-4-11-12(9-16-13(10)11)14(18)17-7-5-15-6-8-17/h2-4,9,15-16H,5-8H2,1H3. The quantitative estimate of drug-likeness (QED) is 0.798. The Hall–Kier alpha value is -1.81. The Kier molecular flexibility index (Phi) is 2.80. The summed E-state index contributed by atoms with van der Waals surface area (Å²) < 4.78 is 0. The maximum atomic E-state index is 12.5. The van der Waals surface area contributed by atoms with Crippen LogP contribution in [0.3, 0.4) is 0 Å². The number of fused-ring (bicyclic) bond motifs is 1. The van der Waals surface area contributed by atoms with Crippen LogP contribution in [0.15, 0.2) is 24.4 Å². The van der Waals surface area contributed by atoms with Crippen LogP contribution in [0.4, 0.5) is 0 Å². The van der Waals surface area contributed by atoms with E-state index in [2.05, 4.69) is 23.3 Å². The number of carbonyl (C=O) groups is 1. The number of piperazine rings is 1. The fourth-order valence-corrected chi connectivity index (χ4v) is 2.52. The number of aryl methyl sites for hydroxylation is 1. The second kappa shape index (κ2) is 4.46.